The molecule has 5 heteroatoms. The van der Waals surface area contributed by atoms with Crippen molar-refractivity contribution in [1.82, 2.24) is 14.3 Å². The van der Waals surface area contributed by atoms with Crippen molar-refractivity contribution in [1.29, 1.82) is 0 Å². The minimum absolute atomic E-state index is 0.559. The first kappa shape index (κ1) is 11.8. The highest BCUT2D eigenvalue weighted by Crippen LogP contribution is 2.20. The maximum Gasteiger partial charge on any atom is 0.202 e. The number of anilines is 1. The van der Waals surface area contributed by atoms with Crippen LogP contribution < -0.4 is 5.32 Å². The maximum atomic E-state index is 4.45. The highest BCUT2D eigenvalue weighted by Gasteiger charge is 2.23. The SMILES string of the molecule is CCc1nsc(NC2CCN(C)C(C)C2)n1. The van der Waals surface area contributed by atoms with Crippen molar-refractivity contribution in [2.45, 2.75) is 45.2 Å². The number of likely N-dealkylation sites (tertiary alicyclic amines) is 1. The Balaban J connectivity index is 1.90. The molecule has 2 atom stereocenters. The maximum absolute atomic E-state index is 4.45. The highest BCUT2D eigenvalue weighted by molar-refractivity contribution is 7.09. The van der Waals surface area contributed by atoms with Gasteiger partial charge in [-0.3, -0.25) is 0 Å². The fraction of sp³-hybridized carbons (Fsp3) is 0.818. The van der Waals surface area contributed by atoms with Crippen LogP contribution in [0.15, 0.2) is 0 Å². The number of rotatable bonds is 3. The molecular weight excluding hydrogens is 220 g/mol. The summed E-state index contributed by atoms with van der Waals surface area (Å²) >= 11 is 1.48. The van der Waals surface area contributed by atoms with Crippen molar-refractivity contribution >= 4 is 16.7 Å². The fourth-order valence-electron chi connectivity index (χ4n) is 2.05. The van der Waals surface area contributed by atoms with E-state index in [2.05, 4.69) is 40.5 Å². The summed E-state index contributed by atoms with van der Waals surface area (Å²) in [7, 11) is 2.20. The zero-order chi connectivity index (χ0) is 11.5. The molecule has 2 unspecified atom stereocenters. The third-order valence-corrected chi connectivity index (χ3v) is 4.00. The molecule has 1 aliphatic rings. The lowest BCUT2D eigenvalue weighted by Gasteiger charge is -2.35. The molecule has 0 aliphatic carbocycles. The third-order valence-electron chi connectivity index (χ3n) is 3.32. The highest BCUT2D eigenvalue weighted by atomic mass is 32.1. The van der Waals surface area contributed by atoms with E-state index in [-0.39, 0.29) is 0 Å². The van der Waals surface area contributed by atoms with Gasteiger partial charge in [-0.15, -0.1) is 0 Å². The van der Waals surface area contributed by atoms with Gasteiger partial charge in [0.25, 0.3) is 0 Å². The van der Waals surface area contributed by atoms with E-state index in [4.69, 9.17) is 0 Å². The second-order valence-electron chi connectivity index (χ2n) is 4.56. The Morgan fingerprint density at radius 1 is 1.56 bits per heavy atom. The molecule has 90 valence electrons. The molecule has 0 aromatic carbocycles. The van der Waals surface area contributed by atoms with Crippen LogP contribution in [0.4, 0.5) is 5.13 Å². The van der Waals surface area contributed by atoms with E-state index in [1.54, 1.807) is 0 Å². The van der Waals surface area contributed by atoms with Crippen molar-refractivity contribution in [3.63, 3.8) is 0 Å². The lowest BCUT2D eigenvalue weighted by Crippen LogP contribution is -2.42. The second-order valence-corrected chi connectivity index (χ2v) is 5.32. The molecule has 1 saturated heterocycles. The van der Waals surface area contributed by atoms with Crippen LogP contribution in [0.1, 0.15) is 32.5 Å². The molecule has 1 fully saturated rings. The van der Waals surface area contributed by atoms with Gasteiger partial charge in [-0.25, -0.2) is 4.98 Å². The number of aromatic nitrogens is 2. The molecule has 2 heterocycles. The average Bonchev–Trinajstić information content (AvgIpc) is 2.71. The van der Waals surface area contributed by atoms with Crippen molar-refractivity contribution in [2.75, 3.05) is 18.9 Å². The van der Waals surface area contributed by atoms with Gasteiger partial charge in [-0.1, -0.05) is 6.92 Å². The van der Waals surface area contributed by atoms with Crippen molar-refractivity contribution in [2.24, 2.45) is 0 Å². The average molecular weight is 240 g/mol. The first-order valence-corrected chi connectivity index (χ1v) is 6.75. The van der Waals surface area contributed by atoms with E-state index in [1.807, 2.05) is 0 Å². The number of nitrogens with one attached hydrogen (secondary N) is 1. The molecule has 1 aliphatic heterocycles. The number of hydrogen-bond donors (Lipinski definition) is 1. The monoisotopic (exact) mass is 240 g/mol. The predicted molar refractivity (Wildman–Crippen MR) is 68.0 cm³/mol. The summed E-state index contributed by atoms with van der Waals surface area (Å²) in [6, 6.07) is 1.22. The Kier molecular flexibility index (Phi) is 3.76. The first-order chi connectivity index (χ1) is 7.69. The van der Waals surface area contributed by atoms with E-state index in [0.717, 1.165) is 23.9 Å². The van der Waals surface area contributed by atoms with E-state index in [0.29, 0.717) is 12.1 Å². The van der Waals surface area contributed by atoms with Crippen LogP contribution in [-0.4, -0.2) is 39.9 Å². The molecule has 16 heavy (non-hydrogen) atoms. The van der Waals surface area contributed by atoms with Crippen molar-refractivity contribution < 1.29 is 0 Å². The Bertz CT molecular complexity index is 338. The van der Waals surface area contributed by atoms with Gasteiger partial charge in [0.2, 0.25) is 5.13 Å². The molecule has 1 aromatic rings. The van der Waals surface area contributed by atoms with Gasteiger partial charge in [0, 0.05) is 36.6 Å². The number of piperidine rings is 1. The number of hydrogen-bond acceptors (Lipinski definition) is 5. The molecule has 1 aromatic heterocycles. The normalized spacial score (nSPS) is 26.9. The van der Waals surface area contributed by atoms with Crippen molar-refractivity contribution in [3.8, 4) is 0 Å². The molecule has 1 N–H and O–H groups in total. The van der Waals surface area contributed by atoms with Gasteiger partial charge >= 0.3 is 0 Å². The lowest BCUT2D eigenvalue weighted by atomic mass is 9.99. The van der Waals surface area contributed by atoms with Gasteiger partial charge in [0.15, 0.2) is 0 Å². The second kappa shape index (κ2) is 5.10. The zero-order valence-electron chi connectivity index (χ0n) is 10.2. The lowest BCUT2D eigenvalue weighted by molar-refractivity contribution is 0.190. The van der Waals surface area contributed by atoms with Crippen LogP contribution in [0.25, 0.3) is 0 Å². The molecule has 2 rings (SSSR count). The summed E-state index contributed by atoms with van der Waals surface area (Å²) in [5.41, 5.74) is 0. The van der Waals surface area contributed by atoms with Gasteiger partial charge in [-0.05, 0) is 26.8 Å². The summed E-state index contributed by atoms with van der Waals surface area (Å²) in [4.78, 5) is 6.86. The van der Waals surface area contributed by atoms with E-state index in [9.17, 15) is 0 Å². The summed E-state index contributed by atoms with van der Waals surface area (Å²) in [6.45, 7) is 5.53. The topological polar surface area (TPSA) is 41.1 Å². The zero-order valence-corrected chi connectivity index (χ0v) is 11.0. The molecule has 0 amide bonds. The molecule has 0 radical (unpaired) electrons. The summed E-state index contributed by atoms with van der Waals surface area (Å²) in [5.74, 6) is 0.952. The van der Waals surface area contributed by atoms with Crippen LogP contribution in [-0.2, 0) is 6.42 Å². The minimum atomic E-state index is 0.559. The molecule has 4 nitrogen and oxygen atoms in total. The Hall–Kier alpha value is -0.680. The standard InChI is InChI=1S/C11H20N4S/c1-4-10-13-11(16-14-10)12-9-5-6-15(3)8(2)7-9/h8-9H,4-7H2,1-3H3,(H,12,13,14). The van der Waals surface area contributed by atoms with E-state index < -0.39 is 0 Å². The quantitative estimate of drug-likeness (QED) is 0.877. The van der Waals surface area contributed by atoms with E-state index in [1.165, 1.54) is 24.4 Å². The smallest absolute Gasteiger partial charge is 0.202 e. The Labute approximate surface area is 101 Å². The van der Waals surface area contributed by atoms with Crippen LogP contribution >= 0.6 is 11.5 Å². The number of nitrogens with zero attached hydrogens (tertiary/aromatic N) is 3. The van der Waals surface area contributed by atoms with Crippen LogP contribution in [0.2, 0.25) is 0 Å². The first-order valence-electron chi connectivity index (χ1n) is 5.98. The van der Waals surface area contributed by atoms with Gasteiger partial charge in [-0.2, -0.15) is 4.37 Å². The molecular formula is C11H20N4S. The summed E-state index contributed by atoms with van der Waals surface area (Å²) < 4.78 is 4.29. The van der Waals surface area contributed by atoms with Crippen molar-refractivity contribution in [3.05, 3.63) is 5.82 Å². The summed E-state index contributed by atoms with van der Waals surface area (Å²) in [5, 5.41) is 4.49. The Morgan fingerprint density at radius 2 is 2.38 bits per heavy atom. The minimum Gasteiger partial charge on any atom is -0.357 e. The van der Waals surface area contributed by atoms with Gasteiger partial charge in [0.1, 0.15) is 5.82 Å². The predicted octanol–water partition coefficient (Wildman–Crippen LogP) is 2.00. The van der Waals surface area contributed by atoms with Crippen LogP contribution in [0.3, 0.4) is 0 Å². The van der Waals surface area contributed by atoms with Gasteiger partial charge < -0.3 is 10.2 Å². The third kappa shape index (κ3) is 2.71. The number of aryl methyl sites for hydroxylation is 1. The van der Waals surface area contributed by atoms with Gasteiger partial charge in [0.05, 0.1) is 0 Å². The van der Waals surface area contributed by atoms with Crippen LogP contribution in [0.5, 0.6) is 0 Å². The molecule has 0 spiro atoms. The Morgan fingerprint density at radius 3 is 3.00 bits per heavy atom. The fourth-order valence-corrected chi connectivity index (χ4v) is 2.78. The molecule has 0 saturated carbocycles. The van der Waals surface area contributed by atoms with E-state index >= 15 is 0 Å². The summed E-state index contributed by atoms with van der Waals surface area (Å²) in [6.07, 6.45) is 3.31. The largest absolute Gasteiger partial charge is 0.357 e. The molecule has 0 bridgehead atoms. The van der Waals surface area contributed by atoms with Crippen LogP contribution in [0, 0.1) is 0 Å².